The van der Waals surface area contributed by atoms with Crippen molar-refractivity contribution >= 4 is 18.7 Å². The van der Waals surface area contributed by atoms with Gasteiger partial charge in [0.1, 0.15) is 0 Å². The normalized spacial score (nSPS) is 25.6. The van der Waals surface area contributed by atoms with Crippen LogP contribution in [0.4, 0.5) is 13.2 Å². The lowest BCUT2D eigenvalue weighted by Crippen LogP contribution is -2.48. The standard InChI is InChI=1S/C15H17BF3NO2/c1-13(2)14(3,4)22-16(21-13)10-6-5-7-11-9(10)8-12(20-11)15(17,18)19/h5-8,12H,1-4H3/t12-/m1/s1. The van der Waals surface area contributed by atoms with Gasteiger partial charge in [-0.25, -0.2) is 0 Å². The largest absolute Gasteiger partial charge is 0.495 e. The van der Waals surface area contributed by atoms with Gasteiger partial charge in [-0.15, -0.1) is 0 Å². The van der Waals surface area contributed by atoms with Crippen LogP contribution in [0.1, 0.15) is 27.7 Å². The Balaban J connectivity index is 2.05. The molecule has 0 aromatic heterocycles. The van der Waals surface area contributed by atoms with Gasteiger partial charge in [-0.2, -0.15) is 13.2 Å². The van der Waals surface area contributed by atoms with Crippen LogP contribution in [-0.4, -0.2) is 30.5 Å². The number of fused-ring (bicyclic) bond motifs is 1. The first-order valence-corrected chi connectivity index (χ1v) is 7.12. The van der Waals surface area contributed by atoms with Gasteiger partial charge >= 0.3 is 13.3 Å². The van der Waals surface area contributed by atoms with Crippen molar-refractivity contribution < 1.29 is 22.5 Å². The predicted molar refractivity (Wildman–Crippen MR) is 77.2 cm³/mol. The summed E-state index contributed by atoms with van der Waals surface area (Å²) in [5.41, 5.74) is -0.495. The zero-order valence-corrected chi connectivity index (χ0v) is 12.9. The quantitative estimate of drug-likeness (QED) is 0.733. The highest BCUT2D eigenvalue weighted by molar-refractivity contribution is 6.62. The van der Waals surface area contributed by atoms with Crippen molar-refractivity contribution in [3.8, 4) is 0 Å². The molecule has 0 aliphatic carbocycles. The molecule has 2 aliphatic heterocycles. The van der Waals surface area contributed by atoms with E-state index in [9.17, 15) is 13.2 Å². The molecular weight excluding hydrogens is 294 g/mol. The molecular formula is C15H17BF3NO2. The average Bonchev–Trinajstić information content (AvgIpc) is 2.88. The average molecular weight is 311 g/mol. The molecule has 0 bridgehead atoms. The summed E-state index contributed by atoms with van der Waals surface area (Å²) in [5, 5.41) is 0.776. The van der Waals surface area contributed by atoms with E-state index in [1.165, 1.54) is 0 Å². The van der Waals surface area contributed by atoms with Crippen LogP contribution in [0.25, 0.3) is 6.08 Å². The lowest BCUT2D eigenvalue weighted by Gasteiger charge is -2.32. The maximum absolute atomic E-state index is 12.9. The third kappa shape index (κ3) is 2.36. The molecule has 0 saturated carbocycles. The van der Waals surface area contributed by atoms with Crippen LogP contribution in [0.5, 0.6) is 0 Å². The Morgan fingerprint density at radius 1 is 1.09 bits per heavy atom. The van der Waals surface area contributed by atoms with Crippen molar-refractivity contribution in [1.82, 2.24) is 0 Å². The van der Waals surface area contributed by atoms with Crippen molar-refractivity contribution in [3.05, 3.63) is 28.8 Å². The fraction of sp³-hybridized carbons (Fsp3) is 0.533. The van der Waals surface area contributed by atoms with Crippen molar-refractivity contribution in [3.63, 3.8) is 0 Å². The molecule has 7 heteroatoms. The van der Waals surface area contributed by atoms with Gasteiger partial charge in [0.25, 0.3) is 0 Å². The van der Waals surface area contributed by atoms with E-state index in [1.54, 1.807) is 18.2 Å². The van der Waals surface area contributed by atoms with Crippen LogP contribution in [0, 0.1) is 0 Å². The minimum absolute atomic E-state index is 0.328. The maximum atomic E-state index is 12.9. The highest BCUT2D eigenvalue weighted by atomic mass is 19.4. The molecule has 118 valence electrons. The van der Waals surface area contributed by atoms with Gasteiger partial charge in [0.15, 0.2) is 6.04 Å². The van der Waals surface area contributed by atoms with Gasteiger partial charge < -0.3 is 9.31 Å². The van der Waals surface area contributed by atoms with Crippen LogP contribution < -0.4 is 16.0 Å². The van der Waals surface area contributed by atoms with E-state index in [1.807, 2.05) is 27.7 Å². The number of alkyl halides is 3. The van der Waals surface area contributed by atoms with E-state index in [-0.39, 0.29) is 0 Å². The number of halogens is 3. The van der Waals surface area contributed by atoms with E-state index in [4.69, 9.17) is 9.31 Å². The molecule has 1 saturated heterocycles. The molecule has 1 fully saturated rings. The maximum Gasteiger partial charge on any atom is 0.495 e. The second-order valence-corrected chi connectivity index (χ2v) is 6.65. The van der Waals surface area contributed by atoms with Crippen LogP contribution in [0.3, 0.4) is 0 Å². The molecule has 0 radical (unpaired) electrons. The van der Waals surface area contributed by atoms with Crippen molar-refractivity contribution in [2.24, 2.45) is 4.99 Å². The minimum Gasteiger partial charge on any atom is -0.399 e. The molecule has 3 rings (SSSR count). The number of hydrogen-bond donors (Lipinski definition) is 0. The van der Waals surface area contributed by atoms with E-state index in [2.05, 4.69) is 4.99 Å². The summed E-state index contributed by atoms with van der Waals surface area (Å²) in [6, 6.07) is 3.18. The van der Waals surface area contributed by atoms with Gasteiger partial charge in [-0.05, 0) is 50.5 Å². The van der Waals surface area contributed by atoms with E-state index < -0.39 is 30.5 Å². The molecule has 1 atom stereocenters. The molecule has 0 amide bonds. The summed E-state index contributed by atoms with van der Waals surface area (Å²) in [6.45, 7) is 7.62. The Morgan fingerprint density at radius 2 is 1.68 bits per heavy atom. The summed E-state index contributed by atoms with van der Waals surface area (Å²) >= 11 is 0. The molecule has 0 unspecified atom stereocenters. The smallest absolute Gasteiger partial charge is 0.399 e. The number of benzene rings is 1. The van der Waals surface area contributed by atoms with Gasteiger partial charge in [-0.1, -0.05) is 12.1 Å². The first kappa shape index (κ1) is 15.6. The molecule has 22 heavy (non-hydrogen) atoms. The molecule has 1 aromatic carbocycles. The lowest BCUT2D eigenvalue weighted by atomic mass is 9.77. The van der Waals surface area contributed by atoms with Crippen molar-refractivity contribution in [1.29, 1.82) is 0 Å². The summed E-state index contributed by atoms with van der Waals surface area (Å²) in [5.74, 6) is 0. The summed E-state index contributed by atoms with van der Waals surface area (Å²) in [4.78, 5) is 3.74. The second-order valence-electron chi connectivity index (χ2n) is 6.65. The predicted octanol–water partition coefficient (Wildman–Crippen LogP) is 1.33. The summed E-state index contributed by atoms with van der Waals surface area (Å²) < 4.78 is 50.5. The van der Waals surface area contributed by atoms with Crippen LogP contribution in [-0.2, 0) is 9.31 Å². The highest BCUT2D eigenvalue weighted by Crippen LogP contribution is 2.36. The third-order valence-corrected chi connectivity index (χ3v) is 4.56. The third-order valence-electron chi connectivity index (χ3n) is 4.56. The zero-order chi connectivity index (χ0) is 16.3. The number of rotatable bonds is 1. The van der Waals surface area contributed by atoms with Gasteiger partial charge in [0.2, 0.25) is 0 Å². The Bertz CT molecular complexity index is 711. The molecule has 3 nitrogen and oxygen atoms in total. The van der Waals surface area contributed by atoms with Crippen molar-refractivity contribution in [2.45, 2.75) is 51.1 Å². The lowest BCUT2D eigenvalue weighted by molar-refractivity contribution is -0.133. The highest BCUT2D eigenvalue weighted by Gasteiger charge is 2.52. The van der Waals surface area contributed by atoms with Crippen molar-refractivity contribution in [2.75, 3.05) is 0 Å². The first-order chi connectivity index (χ1) is 10.0. The molecule has 1 aromatic rings. The van der Waals surface area contributed by atoms with Gasteiger partial charge in [0, 0.05) is 0 Å². The molecule has 0 N–H and O–H groups in total. The molecule has 2 aliphatic rings. The summed E-state index contributed by atoms with van der Waals surface area (Å²) in [6.07, 6.45) is -3.25. The Kier molecular flexibility index (Phi) is 3.24. The zero-order valence-electron chi connectivity index (χ0n) is 12.9. The van der Waals surface area contributed by atoms with Crippen LogP contribution in [0.15, 0.2) is 23.2 Å². The SMILES string of the molecule is CC1(C)OB(c2cccc3c2=C[C@H](C(F)(F)F)N=3)OC1(C)C. The molecule has 0 spiro atoms. The van der Waals surface area contributed by atoms with Crippen LogP contribution >= 0.6 is 0 Å². The van der Waals surface area contributed by atoms with E-state index in [0.29, 0.717) is 16.0 Å². The first-order valence-electron chi connectivity index (χ1n) is 7.12. The van der Waals surface area contributed by atoms with E-state index >= 15 is 0 Å². The summed E-state index contributed by atoms with van der Waals surface area (Å²) in [7, 11) is -0.696. The van der Waals surface area contributed by atoms with Gasteiger partial charge in [-0.3, -0.25) is 4.99 Å². The number of hydrogen-bond acceptors (Lipinski definition) is 3. The van der Waals surface area contributed by atoms with Crippen LogP contribution in [0.2, 0.25) is 0 Å². The Labute approximate surface area is 127 Å². The van der Waals surface area contributed by atoms with E-state index in [0.717, 1.165) is 6.08 Å². The van der Waals surface area contributed by atoms with Gasteiger partial charge in [0.05, 0.1) is 16.6 Å². The fourth-order valence-electron chi connectivity index (χ4n) is 2.55. The topological polar surface area (TPSA) is 30.8 Å². The monoisotopic (exact) mass is 311 g/mol. The Hall–Kier alpha value is -1.34. The minimum atomic E-state index is -4.38. The Morgan fingerprint density at radius 3 is 2.23 bits per heavy atom. The second kappa shape index (κ2) is 4.58. The molecule has 2 heterocycles. The fourth-order valence-corrected chi connectivity index (χ4v) is 2.55. The number of nitrogens with zero attached hydrogens (tertiary/aromatic N) is 1.